The van der Waals surface area contributed by atoms with Crippen LogP contribution < -0.4 is 5.32 Å². The highest BCUT2D eigenvalue weighted by molar-refractivity contribution is 5.25. The second kappa shape index (κ2) is 6.71. The Morgan fingerprint density at radius 1 is 1.24 bits per heavy atom. The molecule has 0 spiro atoms. The van der Waals surface area contributed by atoms with Gasteiger partial charge in [0.25, 0.3) is 0 Å². The van der Waals surface area contributed by atoms with Gasteiger partial charge in [0.2, 0.25) is 0 Å². The predicted octanol–water partition coefficient (Wildman–Crippen LogP) is 3.00. The Kier molecular flexibility index (Phi) is 4.95. The minimum absolute atomic E-state index is 0.350. The molecule has 114 valence electrons. The maximum Gasteiger partial charge on any atom is 0.416 e. The van der Waals surface area contributed by atoms with Crippen molar-refractivity contribution in [3.8, 4) is 0 Å². The van der Waals surface area contributed by atoms with Crippen molar-refractivity contribution in [2.75, 3.05) is 0 Å². The third-order valence-electron chi connectivity index (χ3n) is 3.03. The van der Waals surface area contributed by atoms with Crippen LogP contribution in [0.1, 0.15) is 30.3 Å². The lowest BCUT2D eigenvalue weighted by molar-refractivity contribution is -0.137. The first-order valence-corrected chi connectivity index (χ1v) is 6.74. The van der Waals surface area contributed by atoms with Crippen LogP contribution in [0.25, 0.3) is 0 Å². The average Bonchev–Trinajstić information content (AvgIpc) is 2.86. The number of aromatic nitrogens is 3. The SMILES string of the molecule is CCCn1cnnc1CNCc1cccc(C(F)(F)F)c1. The topological polar surface area (TPSA) is 42.7 Å². The first kappa shape index (κ1) is 15.5. The quantitative estimate of drug-likeness (QED) is 0.891. The molecule has 1 aromatic carbocycles. The Morgan fingerprint density at radius 2 is 2.05 bits per heavy atom. The van der Waals surface area contributed by atoms with E-state index in [0.717, 1.165) is 30.9 Å². The maximum atomic E-state index is 12.6. The van der Waals surface area contributed by atoms with Gasteiger partial charge in [-0.25, -0.2) is 0 Å². The molecule has 0 aliphatic rings. The second-order valence-corrected chi connectivity index (χ2v) is 4.74. The molecule has 0 saturated carbocycles. The Morgan fingerprint density at radius 3 is 2.76 bits per heavy atom. The van der Waals surface area contributed by atoms with E-state index in [0.29, 0.717) is 18.7 Å². The number of nitrogens with one attached hydrogen (secondary N) is 1. The van der Waals surface area contributed by atoms with Gasteiger partial charge in [-0.05, 0) is 18.1 Å². The number of benzene rings is 1. The van der Waals surface area contributed by atoms with E-state index < -0.39 is 11.7 Å². The van der Waals surface area contributed by atoms with E-state index in [-0.39, 0.29) is 0 Å². The summed E-state index contributed by atoms with van der Waals surface area (Å²) in [4.78, 5) is 0. The Balaban J connectivity index is 1.93. The molecule has 2 aromatic rings. The molecule has 1 heterocycles. The summed E-state index contributed by atoms with van der Waals surface area (Å²) < 4.78 is 39.8. The van der Waals surface area contributed by atoms with Gasteiger partial charge in [-0.3, -0.25) is 0 Å². The summed E-state index contributed by atoms with van der Waals surface area (Å²) in [5.41, 5.74) is -0.0395. The van der Waals surface area contributed by atoms with Crippen LogP contribution in [0.5, 0.6) is 0 Å². The summed E-state index contributed by atoms with van der Waals surface area (Å²) in [6.07, 6.45) is -1.68. The van der Waals surface area contributed by atoms with Crippen LogP contribution in [0, 0.1) is 0 Å². The van der Waals surface area contributed by atoms with E-state index in [1.807, 2.05) is 4.57 Å². The standard InChI is InChI=1S/C14H17F3N4/c1-2-6-21-10-19-20-13(21)9-18-8-11-4-3-5-12(7-11)14(15,16)17/h3-5,7,10,18H,2,6,8-9H2,1H3. The number of nitrogens with zero attached hydrogens (tertiary/aromatic N) is 3. The summed E-state index contributed by atoms with van der Waals surface area (Å²) in [6.45, 7) is 3.70. The van der Waals surface area contributed by atoms with Crippen molar-refractivity contribution in [3.63, 3.8) is 0 Å². The lowest BCUT2D eigenvalue weighted by Gasteiger charge is -2.10. The van der Waals surface area contributed by atoms with Gasteiger partial charge >= 0.3 is 6.18 Å². The molecule has 7 heteroatoms. The summed E-state index contributed by atoms with van der Waals surface area (Å²) in [6, 6.07) is 5.31. The van der Waals surface area contributed by atoms with Crippen molar-refractivity contribution in [2.45, 2.75) is 39.2 Å². The van der Waals surface area contributed by atoms with E-state index in [9.17, 15) is 13.2 Å². The van der Waals surface area contributed by atoms with Gasteiger partial charge in [-0.15, -0.1) is 10.2 Å². The highest BCUT2D eigenvalue weighted by Gasteiger charge is 2.30. The molecule has 0 aliphatic carbocycles. The number of rotatable bonds is 6. The van der Waals surface area contributed by atoms with Crippen molar-refractivity contribution < 1.29 is 13.2 Å². The fraction of sp³-hybridized carbons (Fsp3) is 0.429. The zero-order chi connectivity index (χ0) is 15.3. The molecule has 21 heavy (non-hydrogen) atoms. The van der Waals surface area contributed by atoms with Crippen LogP contribution >= 0.6 is 0 Å². The van der Waals surface area contributed by atoms with E-state index in [1.54, 1.807) is 12.4 Å². The number of hydrogen-bond donors (Lipinski definition) is 1. The Hall–Kier alpha value is -1.89. The molecular formula is C14H17F3N4. The first-order chi connectivity index (χ1) is 10.0. The number of aryl methyl sites for hydroxylation is 1. The monoisotopic (exact) mass is 298 g/mol. The van der Waals surface area contributed by atoms with Crippen LogP contribution in [0.3, 0.4) is 0 Å². The molecule has 0 aliphatic heterocycles. The lowest BCUT2D eigenvalue weighted by Crippen LogP contribution is -2.17. The number of alkyl halides is 3. The minimum Gasteiger partial charge on any atom is -0.317 e. The van der Waals surface area contributed by atoms with Crippen LogP contribution in [0.4, 0.5) is 13.2 Å². The van der Waals surface area contributed by atoms with Crippen LogP contribution in [0.15, 0.2) is 30.6 Å². The van der Waals surface area contributed by atoms with Crippen molar-refractivity contribution in [1.82, 2.24) is 20.1 Å². The molecule has 0 amide bonds. The Labute approximate surface area is 121 Å². The van der Waals surface area contributed by atoms with Crippen LogP contribution in [0.2, 0.25) is 0 Å². The molecule has 0 atom stereocenters. The molecule has 2 rings (SSSR count). The van der Waals surface area contributed by atoms with Gasteiger partial charge in [0.05, 0.1) is 12.1 Å². The van der Waals surface area contributed by atoms with Crippen molar-refractivity contribution in [2.24, 2.45) is 0 Å². The van der Waals surface area contributed by atoms with Crippen molar-refractivity contribution in [3.05, 3.63) is 47.5 Å². The van der Waals surface area contributed by atoms with Gasteiger partial charge in [0.1, 0.15) is 12.2 Å². The molecule has 0 bridgehead atoms. The van der Waals surface area contributed by atoms with Crippen LogP contribution in [-0.2, 0) is 25.8 Å². The van der Waals surface area contributed by atoms with Gasteiger partial charge < -0.3 is 9.88 Å². The smallest absolute Gasteiger partial charge is 0.317 e. The van der Waals surface area contributed by atoms with E-state index in [2.05, 4.69) is 22.4 Å². The highest BCUT2D eigenvalue weighted by Crippen LogP contribution is 2.29. The average molecular weight is 298 g/mol. The zero-order valence-electron chi connectivity index (χ0n) is 11.7. The maximum absolute atomic E-state index is 12.6. The summed E-state index contributed by atoms with van der Waals surface area (Å²) in [7, 11) is 0. The number of hydrogen-bond acceptors (Lipinski definition) is 3. The second-order valence-electron chi connectivity index (χ2n) is 4.74. The minimum atomic E-state index is -4.31. The van der Waals surface area contributed by atoms with E-state index in [1.165, 1.54) is 6.07 Å². The third-order valence-corrected chi connectivity index (χ3v) is 3.03. The fourth-order valence-corrected chi connectivity index (χ4v) is 2.02. The lowest BCUT2D eigenvalue weighted by atomic mass is 10.1. The Bertz CT molecular complexity index is 578. The van der Waals surface area contributed by atoms with Crippen molar-refractivity contribution in [1.29, 1.82) is 0 Å². The van der Waals surface area contributed by atoms with Crippen LogP contribution in [-0.4, -0.2) is 14.8 Å². The largest absolute Gasteiger partial charge is 0.416 e. The first-order valence-electron chi connectivity index (χ1n) is 6.74. The predicted molar refractivity (Wildman–Crippen MR) is 72.3 cm³/mol. The van der Waals surface area contributed by atoms with Gasteiger partial charge in [0, 0.05) is 13.1 Å². The molecule has 0 radical (unpaired) electrons. The normalized spacial score (nSPS) is 11.8. The zero-order valence-corrected chi connectivity index (χ0v) is 11.7. The molecule has 4 nitrogen and oxygen atoms in total. The molecule has 0 saturated heterocycles. The molecule has 0 unspecified atom stereocenters. The van der Waals surface area contributed by atoms with E-state index in [4.69, 9.17) is 0 Å². The molecule has 1 aromatic heterocycles. The van der Waals surface area contributed by atoms with Gasteiger partial charge in [-0.1, -0.05) is 25.1 Å². The van der Waals surface area contributed by atoms with E-state index >= 15 is 0 Å². The molecular weight excluding hydrogens is 281 g/mol. The number of halogens is 3. The molecule has 1 N–H and O–H groups in total. The highest BCUT2D eigenvalue weighted by atomic mass is 19.4. The third kappa shape index (κ3) is 4.29. The fourth-order valence-electron chi connectivity index (χ4n) is 2.02. The van der Waals surface area contributed by atoms with Gasteiger partial charge in [-0.2, -0.15) is 13.2 Å². The summed E-state index contributed by atoms with van der Waals surface area (Å²) in [5, 5.41) is 10.9. The summed E-state index contributed by atoms with van der Waals surface area (Å²) >= 11 is 0. The molecule has 0 fully saturated rings. The van der Waals surface area contributed by atoms with Gasteiger partial charge in [0.15, 0.2) is 0 Å². The summed E-state index contributed by atoms with van der Waals surface area (Å²) in [5.74, 6) is 0.781. The van der Waals surface area contributed by atoms with Crippen molar-refractivity contribution >= 4 is 0 Å².